The Morgan fingerprint density at radius 3 is 2.96 bits per heavy atom. The van der Waals surface area contributed by atoms with Crippen molar-refractivity contribution in [3.05, 3.63) is 48.1 Å². The van der Waals surface area contributed by atoms with Crippen LogP contribution in [0.1, 0.15) is 0 Å². The smallest absolute Gasteiger partial charge is 0.224 e. The molecule has 0 fully saturated rings. The number of hydrogen-bond donors (Lipinski definition) is 3. The number of methoxy groups -OCH3 is 1. The van der Waals surface area contributed by atoms with Gasteiger partial charge >= 0.3 is 0 Å². The number of anilines is 3. The predicted octanol–water partition coefficient (Wildman–Crippen LogP) is 2.73. The van der Waals surface area contributed by atoms with Crippen molar-refractivity contribution < 1.29 is 4.74 Å². The number of aromatic nitrogens is 3. The van der Waals surface area contributed by atoms with E-state index in [1.807, 2.05) is 35.7 Å². The number of hydrogen-bond acceptors (Lipinski definition) is 8. The van der Waals surface area contributed by atoms with Crippen LogP contribution < -0.4 is 16.4 Å². The number of nitrogens with zero attached hydrogens (tertiary/aromatic N) is 3. The molecule has 0 amide bonds. The Morgan fingerprint density at radius 2 is 2.16 bits per heavy atom. The number of nitrogens with one attached hydrogen (secondary N) is 2. The minimum Gasteiger partial charge on any atom is -0.383 e. The zero-order valence-corrected chi connectivity index (χ0v) is 14.7. The lowest BCUT2D eigenvalue weighted by molar-refractivity contribution is 0.183. The molecule has 1 aromatic carbocycles. The van der Waals surface area contributed by atoms with Crippen molar-refractivity contribution in [2.75, 3.05) is 30.9 Å². The SMILES string of the molecule is COCC(N)CNc1nccc(Nc2cccc(-c3nccs3)c2)n1. The predicted molar refractivity (Wildman–Crippen MR) is 101 cm³/mol. The molecule has 0 spiro atoms. The van der Waals surface area contributed by atoms with Crippen LogP contribution in [0.3, 0.4) is 0 Å². The molecule has 8 heteroatoms. The van der Waals surface area contributed by atoms with Gasteiger partial charge in [0.2, 0.25) is 5.95 Å². The van der Waals surface area contributed by atoms with Gasteiger partial charge in [-0.2, -0.15) is 4.98 Å². The largest absolute Gasteiger partial charge is 0.383 e. The van der Waals surface area contributed by atoms with Crippen molar-refractivity contribution in [2.24, 2.45) is 5.73 Å². The van der Waals surface area contributed by atoms with Crippen LogP contribution in [0.15, 0.2) is 48.1 Å². The maximum absolute atomic E-state index is 5.89. The Labute approximate surface area is 150 Å². The van der Waals surface area contributed by atoms with Gasteiger partial charge < -0.3 is 21.1 Å². The first-order chi connectivity index (χ1) is 12.2. The molecule has 0 aliphatic rings. The fourth-order valence-electron chi connectivity index (χ4n) is 2.25. The van der Waals surface area contributed by atoms with Crippen LogP contribution in [0.25, 0.3) is 10.6 Å². The van der Waals surface area contributed by atoms with E-state index < -0.39 is 0 Å². The van der Waals surface area contributed by atoms with Crippen LogP contribution in [0.5, 0.6) is 0 Å². The van der Waals surface area contributed by atoms with E-state index in [9.17, 15) is 0 Å². The molecule has 0 aliphatic carbocycles. The number of ether oxygens (including phenoxy) is 1. The Balaban J connectivity index is 1.67. The standard InChI is InChI=1S/C17H20N6OS/c1-24-11-13(18)10-21-17-20-6-5-15(23-17)22-14-4-2-3-12(9-14)16-19-7-8-25-16/h2-9,13H,10-11,18H2,1H3,(H2,20,21,22,23). The lowest BCUT2D eigenvalue weighted by Gasteiger charge is -2.12. The van der Waals surface area contributed by atoms with Gasteiger partial charge in [-0.15, -0.1) is 11.3 Å². The van der Waals surface area contributed by atoms with Crippen LogP contribution in [0.2, 0.25) is 0 Å². The average molecular weight is 356 g/mol. The normalized spacial score (nSPS) is 11.9. The quantitative estimate of drug-likeness (QED) is 0.571. The molecule has 130 valence electrons. The summed E-state index contributed by atoms with van der Waals surface area (Å²) in [6, 6.07) is 9.76. The van der Waals surface area contributed by atoms with Crippen molar-refractivity contribution >= 4 is 28.8 Å². The fourth-order valence-corrected chi connectivity index (χ4v) is 2.89. The van der Waals surface area contributed by atoms with Gasteiger partial charge in [0, 0.05) is 48.7 Å². The highest BCUT2D eigenvalue weighted by Gasteiger charge is 2.05. The minimum atomic E-state index is -0.111. The first-order valence-corrected chi connectivity index (χ1v) is 8.71. The molecule has 0 saturated heterocycles. The molecule has 4 N–H and O–H groups in total. The molecule has 0 radical (unpaired) electrons. The van der Waals surface area contributed by atoms with Crippen LogP contribution >= 0.6 is 11.3 Å². The van der Waals surface area contributed by atoms with Gasteiger partial charge in [0.05, 0.1) is 6.61 Å². The summed E-state index contributed by atoms with van der Waals surface area (Å²) in [4.78, 5) is 13.0. The first-order valence-electron chi connectivity index (χ1n) is 7.83. The third-order valence-corrected chi connectivity index (χ3v) is 4.20. The van der Waals surface area contributed by atoms with Crippen molar-refractivity contribution in [2.45, 2.75) is 6.04 Å². The summed E-state index contributed by atoms with van der Waals surface area (Å²) in [6.45, 7) is 1.02. The Bertz CT molecular complexity index is 795. The third kappa shape index (κ3) is 4.96. The summed E-state index contributed by atoms with van der Waals surface area (Å²) < 4.78 is 5.01. The Hall–Kier alpha value is -2.55. The first kappa shape index (κ1) is 17.3. The van der Waals surface area contributed by atoms with Crippen molar-refractivity contribution in [3.8, 4) is 10.6 Å². The topological polar surface area (TPSA) is 98.0 Å². The monoisotopic (exact) mass is 356 g/mol. The van der Waals surface area contributed by atoms with Crippen molar-refractivity contribution in [3.63, 3.8) is 0 Å². The van der Waals surface area contributed by atoms with Gasteiger partial charge in [0.1, 0.15) is 10.8 Å². The average Bonchev–Trinajstić information content (AvgIpc) is 3.16. The lowest BCUT2D eigenvalue weighted by atomic mass is 10.2. The molecule has 1 atom stereocenters. The second-order valence-electron chi connectivity index (χ2n) is 5.40. The summed E-state index contributed by atoms with van der Waals surface area (Å²) in [5, 5.41) is 9.35. The Morgan fingerprint density at radius 1 is 1.24 bits per heavy atom. The highest BCUT2D eigenvalue weighted by atomic mass is 32.1. The van der Waals surface area contributed by atoms with Crippen LogP contribution in [0.4, 0.5) is 17.5 Å². The number of rotatable bonds is 8. The van der Waals surface area contributed by atoms with Crippen LogP contribution in [-0.2, 0) is 4.74 Å². The van der Waals surface area contributed by atoms with E-state index in [2.05, 4.69) is 25.6 Å². The summed E-state index contributed by atoms with van der Waals surface area (Å²) in [7, 11) is 1.63. The second kappa shape index (κ2) is 8.52. The highest BCUT2D eigenvalue weighted by Crippen LogP contribution is 2.25. The van der Waals surface area contributed by atoms with Gasteiger partial charge in [0.25, 0.3) is 0 Å². The summed E-state index contributed by atoms with van der Waals surface area (Å²) >= 11 is 1.61. The van der Waals surface area contributed by atoms with E-state index >= 15 is 0 Å². The van der Waals surface area contributed by atoms with Gasteiger partial charge in [-0.1, -0.05) is 12.1 Å². The Kier molecular flexibility index (Phi) is 5.89. The molecule has 1 unspecified atom stereocenters. The van der Waals surface area contributed by atoms with Crippen molar-refractivity contribution in [1.82, 2.24) is 15.0 Å². The van der Waals surface area contributed by atoms with Gasteiger partial charge in [-0.3, -0.25) is 0 Å². The number of nitrogens with two attached hydrogens (primary N) is 1. The van der Waals surface area contributed by atoms with E-state index in [1.165, 1.54) is 0 Å². The fraction of sp³-hybridized carbons (Fsp3) is 0.235. The van der Waals surface area contributed by atoms with E-state index in [-0.39, 0.29) is 6.04 Å². The lowest BCUT2D eigenvalue weighted by Crippen LogP contribution is -2.33. The van der Waals surface area contributed by atoms with Gasteiger partial charge in [-0.05, 0) is 18.2 Å². The molecular weight excluding hydrogens is 336 g/mol. The van der Waals surface area contributed by atoms with Crippen molar-refractivity contribution in [1.29, 1.82) is 0 Å². The molecule has 0 bridgehead atoms. The van der Waals surface area contributed by atoms with Crippen LogP contribution in [-0.4, -0.2) is 41.3 Å². The number of thiazole rings is 1. The molecule has 0 saturated carbocycles. The zero-order chi connectivity index (χ0) is 17.5. The molecule has 7 nitrogen and oxygen atoms in total. The molecule has 3 aromatic rings. The summed E-state index contributed by atoms with van der Waals surface area (Å²) in [5.74, 6) is 1.22. The number of benzene rings is 1. The molecular formula is C17H20N6OS. The maximum Gasteiger partial charge on any atom is 0.224 e. The molecule has 25 heavy (non-hydrogen) atoms. The van der Waals surface area contributed by atoms with E-state index in [4.69, 9.17) is 10.5 Å². The third-order valence-electron chi connectivity index (χ3n) is 3.37. The summed E-state index contributed by atoms with van der Waals surface area (Å²) in [5.41, 5.74) is 7.90. The van der Waals surface area contributed by atoms with Gasteiger partial charge in [-0.25, -0.2) is 9.97 Å². The molecule has 2 heterocycles. The van der Waals surface area contributed by atoms with E-state index in [1.54, 1.807) is 30.8 Å². The van der Waals surface area contributed by atoms with Gasteiger partial charge in [0.15, 0.2) is 0 Å². The van der Waals surface area contributed by atoms with E-state index in [0.717, 1.165) is 16.3 Å². The maximum atomic E-state index is 5.89. The second-order valence-corrected chi connectivity index (χ2v) is 6.30. The summed E-state index contributed by atoms with van der Waals surface area (Å²) in [6.07, 6.45) is 3.50. The van der Waals surface area contributed by atoms with Crippen LogP contribution in [0, 0.1) is 0 Å². The highest BCUT2D eigenvalue weighted by molar-refractivity contribution is 7.13. The van der Waals surface area contributed by atoms with E-state index in [0.29, 0.717) is 24.9 Å². The molecule has 2 aromatic heterocycles. The molecule has 0 aliphatic heterocycles. The minimum absolute atomic E-state index is 0.111. The zero-order valence-electron chi connectivity index (χ0n) is 13.8. The molecule has 3 rings (SSSR count).